The Morgan fingerprint density at radius 2 is 1.73 bits per heavy atom. The van der Waals surface area contributed by atoms with E-state index >= 15 is 0 Å². The van der Waals surface area contributed by atoms with Gasteiger partial charge in [0.25, 0.3) is 0 Å². The number of hydrogen-bond acceptors (Lipinski definition) is 5. The van der Waals surface area contributed by atoms with E-state index < -0.39 is 0 Å². The van der Waals surface area contributed by atoms with Gasteiger partial charge in [-0.3, -0.25) is 0 Å². The Labute approximate surface area is 129 Å². The van der Waals surface area contributed by atoms with Crippen molar-refractivity contribution >= 4 is 5.82 Å². The molecule has 0 radical (unpaired) electrons. The summed E-state index contributed by atoms with van der Waals surface area (Å²) in [6.07, 6.45) is 0. The molecule has 0 aliphatic carbocycles. The van der Waals surface area contributed by atoms with Gasteiger partial charge in [0.05, 0.1) is 6.54 Å². The van der Waals surface area contributed by atoms with Crippen LogP contribution < -0.4 is 5.32 Å². The summed E-state index contributed by atoms with van der Waals surface area (Å²) in [5.41, 5.74) is 2.92. The molecule has 0 aliphatic rings. The minimum absolute atomic E-state index is 0.570. The van der Waals surface area contributed by atoms with E-state index in [9.17, 15) is 0 Å². The molecule has 0 amide bonds. The van der Waals surface area contributed by atoms with Crippen molar-refractivity contribution in [1.29, 1.82) is 0 Å². The van der Waals surface area contributed by atoms with Gasteiger partial charge < -0.3 is 9.73 Å². The highest BCUT2D eigenvalue weighted by molar-refractivity contribution is 5.57. The predicted octanol–water partition coefficient (Wildman–Crippen LogP) is 3.67. The number of benzene rings is 1. The zero-order valence-electron chi connectivity index (χ0n) is 12.9. The normalized spacial score (nSPS) is 10.7. The van der Waals surface area contributed by atoms with Crippen LogP contribution >= 0.6 is 0 Å². The third kappa shape index (κ3) is 3.14. The zero-order chi connectivity index (χ0) is 15.5. The van der Waals surface area contributed by atoms with E-state index in [1.807, 2.05) is 50.2 Å². The summed E-state index contributed by atoms with van der Waals surface area (Å²) in [7, 11) is 0. The van der Waals surface area contributed by atoms with E-state index in [1.165, 1.54) is 5.56 Å². The van der Waals surface area contributed by atoms with Crippen LogP contribution in [0.5, 0.6) is 0 Å². The van der Waals surface area contributed by atoms with Crippen LogP contribution in [0.3, 0.4) is 0 Å². The number of rotatable bonds is 4. The first-order chi connectivity index (χ1) is 10.6. The molecule has 0 saturated heterocycles. The molecule has 0 unspecified atom stereocenters. The fraction of sp³-hybridized carbons (Fsp3) is 0.235. The van der Waals surface area contributed by atoms with Crippen LogP contribution in [0.4, 0.5) is 5.82 Å². The maximum atomic E-state index is 5.55. The Morgan fingerprint density at radius 1 is 0.955 bits per heavy atom. The van der Waals surface area contributed by atoms with E-state index in [2.05, 4.69) is 27.4 Å². The summed E-state index contributed by atoms with van der Waals surface area (Å²) >= 11 is 0. The molecular formula is C17H18N4O. The summed E-state index contributed by atoms with van der Waals surface area (Å²) in [6, 6.07) is 12.0. The summed E-state index contributed by atoms with van der Waals surface area (Å²) in [4.78, 5) is 4.57. The molecule has 1 N–H and O–H groups in total. The number of aromatic nitrogens is 3. The number of anilines is 1. The summed E-state index contributed by atoms with van der Waals surface area (Å²) < 4.78 is 5.55. The molecule has 2 heterocycles. The highest BCUT2D eigenvalue weighted by Gasteiger charge is 2.08. The Morgan fingerprint density at radius 3 is 2.41 bits per heavy atom. The van der Waals surface area contributed by atoms with Gasteiger partial charge in [0.1, 0.15) is 17.2 Å². The van der Waals surface area contributed by atoms with Crippen LogP contribution in [0, 0.1) is 20.8 Å². The van der Waals surface area contributed by atoms with Gasteiger partial charge >= 0.3 is 0 Å². The highest BCUT2D eigenvalue weighted by Crippen LogP contribution is 2.18. The second kappa shape index (κ2) is 5.97. The maximum Gasteiger partial charge on any atom is 0.183 e. The van der Waals surface area contributed by atoms with E-state index in [1.54, 1.807) is 0 Å². The quantitative estimate of drug-likeness (QED) is 0.795. The number of aryl methyl sites for hydroxylation is 3. The number of furan rings is 1. The van der Waals surface area contributed by atoms with Crippen molar-refractivity contribution in [2.24, 2.45) is 0 Å². The molecule has 0 atom stereocenters. The van der Waals surface area contributed by atoms with Crippen molar-refractivity contribution < 1.29 is 4.42 Å². The molecule has 112 valence electrons. The lowest BCUT2D eigenvalue weighted by molar-refractivity contribution is 0.490. The number of nitrogens with zero attached hydrogens (tertiary/aromatic N) is 3. The lowest BCUT2D eigenvalue weighted by Crippen LogP contribution is -2.06. The van der Waals surface area contributed by atoms with E-state index in [0.717, 1.165) is 28.6 Å². The fourth-order valence-electron chi connectivity index (χ4n) is 2.12. The Hall–Kier alpha value is -2.69. The molecule has 0 fully saturated rings. The largest absolute Gasteiger partial charge is 0.465 e. The standard InChI is InChI=1S/C17H18N4O/c1-11-4-7-14(8-5-11)17-19-16(13(3)20-21-17)18-10-15-9-6-12(2)22-15/h4-9H,10H2,1-3H3,(H,18,19,21). The Bertz CT molecular complexity index is 778. The van der Waals surface area contributed by atoms with Gasteiger partial charge in [-0.2, -0.15) is 0 Å². The molecule has 2 aromatic heterocycles. The van der Waals surface area contributed by atoms with Gasteiger partial charge in [0.15, 0.2) is 11.6 Å². The van der Waals surface area contributed by atoms with Crippen molar-refractivity contribution in [2.45, 2.75) is 27.3 Å². The maximum absolute atomic E-state index is 5.55. The van der Waals surface area contributed by atoms with Crippen LogP contribution in [0.15, 0.2) is 40.8 Å². The third-order valence-corrected chi connectivity index (χ3v) is 3.39. The van der Waals surface area contributed by atoms with Crippen molar-refractivity contribution in [3.05, 3.63) is 59.2 Å². The van der Waals surface area contributed by atoms with Gasteiger partial charge in [-0.05, 0) is 32.9 Å². The van der Waals surface area contributed by atoms with Gasteiger partial charge in [0.2, 0.25) is 0 Å². The van der Waals surface area contributed by atoms with Gasteiger partial charge in [-0.25, -0.2) is 4.98 Å². The average Bonchev–Trinajstić information content (AvgIpc) is 2.93. The highest BCUT2D eigenvalue weighted by atomic mass is 16.3. The molecule has 3 aromatic rings. The lowest BCUT2D eigenvalue weighted by Gasteiger charge is -2.08. The molecular weight excluding hydrogens is 276 g/mol. The van der Waals surface area contributed by atoms with Crippen LogP contribution in [0.2, 0.25) is 0 Å². The van der Waals surface area contributed by atoms with Crippen molar-refractivity contribution in [2.75, 3.05) is 5.32 Å². The average molecular weight is 294 g/mol. The van der Waals surface area contributed by atoms with Crippen LogP contribution in [-0.2, 0) is 6.54 Å². The van der Waals surface area contributed by atoms with Crippen molar-refractivity contribution in [3.63, 3.8) is 0 Å². The van der Waals surface area contributed by atoms with Crippen molar-refractivity contribution in [3.8, 4) is 11.4 Å². The number of hydrogen-bond donors (Lipinski definition) is 1. The first kappa shape index (κ1) is 14.3. The summed E-state index contributed by atoms with van der Waals surface area (Å²) in [6.45, 7) is 6.43. The monoisotopic (exact) mass is 294 g/mol. The zero-order valence-corrected chi connectivity index (χ0v) is 12.9. The van der Waals surface area contributed by atoms with Crippen LogP contribution in [-0.4, -0.2) is 15.2 Å². The first-order valence-corrected chi connectivity index (χ1v) is 7.19. The molecule has 0 spiro atoms. The van der Waals surface area contributed by atoms with Gasteiger partial charge in [-0.15, -0.1) is 10.2 Å². The van der Waals surface area contributed by atoms with Crippen LogP contribution in [0.1, 0.15) is 22.8 Å². The second-order valence-electron chi connectivity index (χ2n) is 5.30. The molecule has 1 aromatic carbocycles. The lowest BCUT2D eigenvalue weighted by atomic mass is 10.1. The molecule has 5 heteroatoms. The summed E-state index contributed by atoms with van der Waals surface area (Å²) in [5, 5.41) is 11.6. The minimum Gasteiger partial charge on any atom is -0.465 e. The Balaban J connectivity index is 1.81. The molecule has 22 heavy (non-hydrogen) atoms. The SMILES string of the molecule is Cc1ccc(-c2nnc(C)c(NCc3ccc(C)o3)n2)cc1. The number of nitrogens with one attached hydrogen (secondary N) is 1. The predicted molar refractivity (Wildman–Crippen MR) is 85.5 cm³/mol. The van der Waals surface area contributed by atoms with Crippen LogP contribution in [0.25, 0.3) is 11.4 Å². The Kier molecular flexibility index (Phi) is 3.87. The van der Waals surface area contributed by atoms with E-state index in [4.69, 9.17) is 4.42 Å². The minimum atomic E-state index is 0.570. The molecule has 0 aliphatic heterocycles. The topological polar surface area (TPSA) is 63.8 Å². The smallest absolute Gasteiger partial charge is 0.183 e. The molecule has 5 nitrogen and oxygen atoms in total. The molecule has 3 rings (SSSR count). The van der Waals surface area contributed by atoms with E-state index in [0.29, 0.717) is 12.4 Å². The van der Waals surface area contributed by atoms with Gasteiger partial charge in [-0.1, -0.05) is 29.8 Å². The second-order valence-corrected chi connectivity index (χ2v) is 5.30. The fourth-order valence-corrected chi connectivity index (χ4v) is 2.12. The molecule has 0 saturated carbocycles. The molecule has 0 bridgehead atoms. The third-order valence-electron chi connectivity index (χ3n) is 3.39. The summed E-state index contributed by atoms with van der Waals surface area (Å²) in [5.74, 6) is 3.10. The first-order valence-electron chi connectivity index (χ1n) is 7.19. The van der Waals surface area contributed by atoms with E-state index in [-0.39, 0.29) is 0 Å². The van der Waals surface area contributed by atoms with Crippen molar-refractivity contribution in [1.82, 2.24) is 15.2 Å². The van der Waals surface area contributed by atoms with Gasteiger partial charge in [0, 0.05) is 5.56 Å².